The number of benzene rings is 3. The van der Waals surface area contributed by atoms with Crippen LogP contribution in [-0.2, 0) is 16.0 Å². The third kappa shape index (κ3) is 5.67. The van der Waals surface area contributed by atoms with Gasteiger partial charge >= 0.3 is 0 Å². The molecule has 0 spiro atoms. The predicted molar refractivity (Wildman–Crippen MR) is 133 cm³/mol. The van der Waals surface area contributed by atoms with Gasteiger partial charge in [0.05, 0.1) is 11.6 Å². The number of amidine groups is 1. The average Bonchev–Trinajstić information content (AvgIpc) is 2.86. The van der Waals surface area contributed by atoms with Crippen molar-refractivity contribution < 1.29 is 9.59 Å². The van der Waals surface area contributed by atoms with E-state index in [0.717, 1.165) is 16.7 Å². The molecule has 3 aromatic carbocycles. The zero-order valence-corrected chi connectivity index (χ0v) is 19.2. The molecule has 0 saturated heterocycles. The summed E-state index contributed by atoms with van der Waals surface area (Å²) in [6.07, 6.45) is 0.559. The Morgan fingerprint density at radius 2 is 1.79 bits per heavy atom. The van der Waals surface area contributed by atoms with Crippen LogP contribution in [0.15, 0.2) is 72.8 Å². The van der Waals surface area contributed by atoms with Crippen molar-refractivity contribution in [3.05, 3.63) is 89.5 Å². The Bertz CT molecular complexity index is 1240. The van der Waals surface area contributed by atoms with E-state index in [1.54, 1.807) is 50.4 Å². The van der Waals surface area contributed by atoms with Crippen molar-refractivity contribution in [1.82, 2.24) is 4.90 Å². The van der Waals surface area contributed by atoms with Gasteiger partial charge in [-0.3, -0.25) is 15.0 Å². The number of nitrogens with one attached hydrogen (secondary N) is 2. The number of hydrogen-bond acceptors (Lipinski definition) is 4. The van der Waals surface area contributed by atoms with Crippen LogP contribution >= 0.6 is 0 Å². The van der Waals surface area contributed by atoms with Crippen LogP contribution in [-0.4, -0.2) is 35.6 Å². The monoisotopic (exact) mass is 453 g/mol. The molecule has 0 aliphatic heterocycles. The Morgan fingerprint density at radius 1 is 1.09 bits per heavy atom. The van der Waals surface area contributed by atoms with Gasteiger partial charge in [-0.1, -0.05) is 55.5 Å². The maximum absolute atomic E-state index is 13.2. The van der Waals surface area contributed by atoms with Gasteiger partial charge in [0.15, 0.2) is 0 Å². The van der Waals surface area contributed by atoms with Crippen LogP contribution in [0.25, 0.3) is 11.1 Å². The molecule has 1 atom stereocenters. The highest BCUT2D eigenvalue weighted by atomic mass is 16.2. The fourth-order valence-corrected chi connectivity index (χ4v) is 3.71. The van der Waals surface area contributed by atoms with E-state index in [2.05, 4.69) is 11.4 Å². The highest BCUT2D eigenvalue weighted by molar-refractivity contribution is 5.98. The SMILES string of the molecule is CCC(=O)N(C)[C@@H](Cc1cccc(C(=N)N)c1)C(=O)Nc1ccc(-c2ccccc2C#N)cc1. The Balaban J connectivity index is 1.82. The zero-order chi connectivity index (χ0) is 24.7. The molecule has 0 aliphatic rings. The van der Waals surface area contributed by atoms with Gasteiger partial charge in [-0.25, -0.2) is 0 Å². The Morgan fingerprint density at radius 3 is 2.44 bits per heavy atom. The summed E-state index contributed by atoms with van der Waals surface area (Å²) in [6.45, 7) is 1.75. The molecule has 172 valence electrons. The number of rotatable bonds is 8. The molecule has 0 fully saturated rings. The number of nitrogen functional groups attached to an aromatic ring is 1. The van der Waals surface area contributed by atoms with Crippen molar-refractivity contribution in [1.29, 1.82) is 10.7 Å². The topological polar surface area (TPSA) is 123 Å². The van der Waals surface area contributed by atoms with E-state index in [1.807, 2.05) is 36.4 Å². The lowest BCUT2D eigenvalue weighted by Gasteiger charge is -2.27. The lowest BCUT2D eigenvalue weighted by molar-refractivity contribution is -0.136. The van der Waals surface area contributed by atoms with Crippen molar-refractivity contribution >= 4 is 23.3 Å². The molecule has 0 bridgehead atoms. The van der Waals surface area contributed by atoms with Gasteiger partial charge in [-0.15, -0.1) is 0 Å². The number of carbonyl (C=O) groups is 2. The van der Waals surface area contributed by atoms with E-state index in [9.17, 15) is 14.9 Å². The molecule has 0 aliphatic carbocycles. The normalized spacial score (nSPS) is 11.2. The minimum absolute atomic E-state index is 0.0566. The summed E-state index contributed by atoms with van der Waals surface area (Å²) in [5.74, 6) is -0.520. The maximum atomic E-state index is 13.2. The van der Waals surface area contributed by atoms with Gasteiger partial charge < -0.3 is 16.0 Å². The van der Waals surface area contributed by atoms with Crippen molar-refractivity contribution in [2.24, 2.45) is 5.73 Å². The largest absolute Gasteiger partial charge is 0.384 e. The maximum Gasteiger partial charge on any atom is 0.247 e. The summed E-state index contributed by atoms with van der Waals surface area (Å²) in [5, 5.41) is 19.9. The Labute approximate surface area is 199 Å². The van der Waals surface area contributed by atoms with Gasteiger partial charge in [0, 0.05) is 31.1 Å². The molecular weight excluding hydrogens is 426 g/mol. The van der Waals surface area contributed by atoms with Crippen LogP contribution in [0, 0.1) is 16.7 Å². The first-order chi connectivity index (χ1) is 16.3. The smallest absolute Gasteiger partial charge is 0.247 e. The highest BCUT2D eigenvalue weighted by Gasteiger charge is 2.27. The lowest BCUT2D eigenvalue weighted by atomic mass is 10.00. The van der Waals surface area contributed by atoms with Crippen molar-refractivity contribution in [3.8, 4) is 17.2 Å². The van der Waals surface area contributed by atoms with Gasteiger partial charge in [0.1, 0.15) is 11.9 Å². The first-order valence-electron chi connectivity index (χ1n) is 10.9. The number of nitriles is 1. The van der Waals surface area contributed by atoms with Crippen LogP contribution in [0.2, 0.25) is 0 Å². The molecule has 7 heteroatoms. The summed E-state index contributed by atoms with van der Waals surface area (Å²) in [7, 11) is 1.62. The number of nitrogens with zero attached hydrogens (tertiary/aromatic N) is 2. The van der Waals surface area contributed by atoms with Crippen molar-refractivity contribution in [2.45, 2.75) is 25.8 Å². The number of anilines is 1. The number of amides is 2. The summed E-state index contributed by atoms with van der Waals surface area (Å²) in [6, 6.07) is 23.1. The molecule has 0 unspecified atom stereocenters. The van der Waals surface area contributed by atoms with Gasteiger partial charge in [-0.2, -0.15) is 5.26 Å². The Kier molecular flexibility index (Phi) is 7.78. The number of likely N-dealkylation sites (N-methyl/N-ethyl adjacent to an activating group) is 1. The van der Waals surface area contributed by atoms with Crippen molar-refractivity contribution in [2.75, 3.05) is 12.4 Å². The molecule has 4 N–H and O–H groups in total. The first kappa shape index (κ1) is 24.2. The molecule has 0 aromatic heterocycles. The van der Waals surface area contributed by atoms with E-state index in [1.165, 1.54) is 4.90 Å². The third-order valence-electron chi connectivity index (χ3n) is 5.64. The number of hydrogen-bond donors (Lipinski definition) is 3. The van der Waals surface area contributed by atoms with E-state index in [4.69, 9.17) is 11.1 Å². The molecule has 0 radical (unpaired) electrons. The van der Waals surface area contributed by atoms with Crippen LogP contribution in [0.4, 0.5) is 5.69 Å². The predicted octanol–water partition coefficient (Wildman–Crippen LogP) is 3.93. The van der Waals surface area contributed by atoms with Gasteiger partial charge in [0.25, 0.3) is 0 Å². The van der Waals surface area contributed by atoms with Crippen molar-refractivity contribution in [3.63, 3.8) is 0 Å². The standard InChI is InChI=1S/C27H27N5O2/c1-3-25(33)32(2)24(16-18-7-6-9-20(15-18)26(29)30)27(34)31-22-13-11-19(12-14-22)23-10-5-4-8-21(23)17-28/h4-15,24H,3,16H2,1-2H3,(H3,29,30)(H,31,34)/t24-/m0/s1. The third-order valence-corrected chi connectivity index (χ3v) is 5.64. The highest BCUT2D eigenvalue weighted by Crippen LogP contribution is 2.25. The summed E-state index contributed by atoms with van der Waals surface area (Å²) >= 11 is 0. The molecule has 0 heterocycles. The quantitative estimate of drug-likeness (QED) is 0.353. The molecule has 3 rings (SSSR count). The molecule has 7 nitrogen and oxygen atoms in total. The van der Waals surface area contributed by atoms with Crippen LogP contribution in [0.5, 0.6) is 0 Å². The molecule has 34 heavy (non-hydrogen) atoms. The number of carbonyl (C=O) groups excluding carboxylic acids is 2. The van der Waals surface area contributed by atoms with E-state index < -0.39 is 6.04 Å². The van der Waals surface area contributed by atoms with Crippen LogP contribution < -0.4 is 11.1 Å². The van der Waals surface area contributed by atoms with Gasteiger partial charge in [0.2, 0.25) is 11.8 Å². The molecule has 3 aromatic rings. The summed E-state index contributed by atoms with van der Waals surface area (Å²) < 4.78 is 0. The average molecular weight is 454 g/mol. The molecular formula is C27H27N5O2. The van der Waals surface area contributed by atoms with E-state index in [-0.39, 0.29) is 30.5 Å². The zero-order valence-electron chi connectivity index (χ0n) is 19.2. The Hall–Kier alpha value is -4.44. The fraction of sp³-hybridized carbons (Fsp3) is 0.185. The first-order valence-corrected chi connectivity index (χ1v) is 10.9. The summed E-state index contributed by atoms with van der Waals surface area (Å²) in [5.41, 5.74) is 9.81. The number of nitrogens with two attached hydrogens (primary N) is 1. The van der Waals surface area contributed by atoms with Crippen LogP contribution in [0.3, 0.4) is 0 Å². The second-order valence-electron chi connectivity index (χ2n) is 7.92. The minimum atomic E-state index is -0.742. The second-order valence-corrected chi connectivity index (χ2v) is 7.92. The lowest BCUT2D eigenvalue weighted by Crippen LogP contribution is -2.46. The van der Waals surface area contributed by atoms with E-state index >= 15 is 0 Å². The summed E-state index contributed by atoms with van der Waals surface area (Å²) in [4.78, 5) is 27.1. The van der Waals surface area contributed by atoms with Gasteiger partial charge in [-0.05, 0) is 41.0 Å². The molecule has 0 saturated carbocycles. The molecule has 2 amide bonds. The van der Waals surface area contributed by atoms with E-state index in [0.29, 0.717) is 16.8 Å². The fourth-order valence-electron chi connectivity index (χ4n) is 3.71. The van der Waals surface area contributed by atoms with Crippen LogP contribution in [0.1, 0.15) is 30.0 Å². The minimum Gasteiger partial charge on any atom is -0.384 e. The second kappa shape index (κ2) is 10.9.